The van der Waals surface area contributed by atoms with Crippen molar-refractivity contribution in [2.24, 2.45) is 0 Å². The molecule has 0 heterocycles. The monoisotopic (exact) mass is 304 g/mol. The van der Waals surface area contributed by atoms with E-state index in [4.69, 9.17) is 0 Å². The average molecular weight is 304 g/mol. The van der Waals surface area contributed by atoms with Crippen molar-refractivity contribution in [2.75, 3.05) is 0 Å². The summed E-state index contributed by atoms with van der Waals surface area (Å²) in [5.41, 5.74) is 0. The second-order valence-corrected chi connectivity index (χ2v) is 6.18. The molecule has 2 unspecified atom stereocenters. The molecular formula is C12H25KO4S. The Kier molecular flexibility index (Phi) is 14.9. The van der Waals surface area contributed by atoms with Gasteiger partial charge in [-0.1, -0.05) is 52.4 Å². The van der Waals surface area contributed by atoms with E-state index in [-0.39, 0.29) is 57.8 Å². The van der Waals surface area contributed by atoms with Crippen molar-refractivity contribution in [3.63, 3.8) is 0 Å². The van der Waals surface area contributed by atoms with Crippen molar-refractivity contribution < 1.29 is 69.5 Å². The molecule has 104 valence electrons. The summed E-state index contributed by atoms with van der Waals surface area (Å²) < 4.78 is 32.9. The number of hydrogen-bond donors (Lipinski definition) is 1. The normalized spacial score (nSPS) is 14.9. The average Bonchev–Trinajstić information content (AvgIpc) is 2.23. The van der Waals surface area contributed by atoms with Crippen molar-refractivity contribution in [3.8, 4) is 0 Å². The Hall–Kier alpha value is 1.51. The van der Waals surface area contributed by atoms with Crippen LogP contribution in [-0.2, 0) is 10.1 Å². The third-order valence-corrected chi connectivity index (χ3v) is 4.27. The van der Waals surface area contributed by atoms with Crippen LogP contribution in [0.15, 0.2) is 0 Å². The first-order valence-corrected chi connectivity index (χ1v) is 8.03. The molecule has 0 amide bonds. The standard InChI is InChI=1S/C12H26O4S.K/c1-3-5-6-7-8-10-11(13)12(9-4-2)17(14,15)16;/h11-13H,3-10H2,1-2H3,(H,14,15,16);/q;+1/p-1. The van der Waals surface area contributed by atoms with E-state index in [0.29, 0.717) is 12.8 Å². The summed E-state index contributed by atoms with van der Waals surface area (Å²) >= 11 is 0. The van der Waals surface area contributed by atoms with E-state index in [9.17, 15) is 18.1 Å². The molecular weight excluding hydrogens is 279 g/mol. The zero-order valence-corrected chi connectivity index (χ0v) is 15.8. The van der Waals surface area contributed by atoms with E-state index in [0.717, 1.165) is 32.1 Å². The van der Waals surface area contributed by atoms with E-state index in [1.807, 2.05) is 6.92 Å². The first-order valence-electron chi connectivity index (χ1n) is 6.56. The van der Waals surface area contributed by atoms with E-state index in [2.05, 4.69) is 6.92 Å². The molecule has 0 radical (unpaired) electrons. The van der Waals surface area contributed by atoms with Crippen molar-refractivity contribution in [2.45, 2.75) is 76.6 Å². The number of hydrogen-bond acceptors (Lipinski definition) is 4. The molecule has 0 fully saturated rings. The van der Waals surface area contributed by atoms with Gasteiger partial charge in [-0.15, -0.1) is 0 Å². The molecule has 0 saturated carbocycles. The molecule has 0 saturated heterocycles. The third-order valence-electron chi connectivity index (χ3n) is 2.98. The van der Waals surface area contributed by atoms with Gasteiger partial charge in [0.1, 0.15) is 10.1 Å². The number of rotatable bonds is 10. The van der Waals surface area contributed by atoms with Gasteiger partial charge in [0, 0.05) is 0 Å². The Morgan fingerprint density at radius 2 is 1.56 bits per heavy atom. The van der Waals surface area contributed by atoms with Gasteiger partial charge in [-0.25, -0.2) is 8.42 Å². The van der Waals surface area contributed by atoms with E-state index in [1.54, 1.807) is 0 Å². The molecule has 0 aromatic heterocycles. The van der Waals surface area contributed by atoms with Crippen LogP contribution in [0.25, 0.3) is 0 Å². The van der Waals surface area contributed by atoms with Crippen molar-refractivity contribution in [1.29, 1.82) is 0 Å². The van der Waals surface area contributed by atoms with Gasteiger partial charge in [0.05, 0.1) is 11.4 Å². The Balaban J connectivity index is 0. The van der Waals surface area contributed by atoms with Crippen LogP contribution in [0.2, 0.25) is 0 Å². The molecule has 0 aromatic rings. The van der Waals surface area contributed by atoms with Crippen LogP contribution in [0.4, 0.5) is 0 Å². The van der Waals surface area contributed by atoms with Gasteiger partial charge in [0.2, 0.25) is 0 Å². The summed E-state index contributed by atoms with van der Waals surface area (Å²) in [4.78, 5) is 0. The predicted octanol–water partition coefficient (Wildman–Crippen LogP) is -0.574. The fourth-order valence-electron chi connectivity index (χ4n) is 1.96. The third kappa shape index (κ3) is 10.3. The number of aliphatic hydroxyl groups excluding tert-OH is 1. The van der Waals surface area contributed by atoms with Crippen LogP contribution in [0, 0.1) is 0 Å². The molecule has 1 N–H and O–H groups in total. The molecule has 18 heavy (non-hydrogen) atoms. The minimum absolute atomic E-state index is 0. The van der Waals surface area contributed by atoms with Crippen LogP contribution >= 0.6 is 0 Å². The minimum Gasteiger partial charge on any atom is -0.748 e. The molecule has 0 bridgehead atoms. The summed E-state index contributed by atoms with van der Waals surface area (Å²) in [5, 5.41) is 8.63. The maximum absolute atomic E-state index is 11.0. The number of unbranched alkanes of at least 4 members (excludes halogenated alkanes) is 4. The minimum atomic E-state index is -4.37. The van der Waals surface area contributed by atoms with Gasteiger partial charge < -0.3 is 9.66 Å². The van der Waals surface area contributed by atoms with E-state index >= 15 is 0 Å². The molecule has 6 heteroatoms. The van der Waals surface area contributed by atoms with E-state index < -0.39 is 21.5 Å². The molecule has 0 aliphatic carbocycles. The van der Waals surface area contributed by atoms with Crippen molar-refractivity contribution in [3.05, 3.63) is 0 Å². The summed E-state index contributed by atoms with van der Waals surface area (Å²) in [6, 6.07) is 0. The Labute approximate surface area is 154 Å². The van der Waals surface area contributed by atoms with Gasteiger partial charge in [0.25, 0.3) is 0 Å². The molecule has 0 aliphatic heterocycles. The van der Waals surface area contributed by atoms with Crippen LogP contribution in [0.1, 0.15) is 65.2 Å². The summed E-state index contributed by atoms with van der Waals surface area (Å²) in [7, 11) is -4.37. The first-order chi connectivity index (χ1) is 7.93. The summed E-state index contributed by atoms with van der Waals surface area (Å²) in [6.45, 7) is 3.93. The zero-order valence-electron chi connectivity index (χ0n) is 11.9. The Bertz CT molecular complexity index is 280. The first kappa shape index (κ1) is 21.8. The fraction of sp³-hybridized carbons (Fsp3) is 1.00. The summed E-state index contributed by atoms with van der Waals surface area (Å²) in [5.74, 6) is 0. The van der Waals surface area contributed by atoms with Crippen molar-refractivity contribution >= 4 is 10.1 Å². The molecule has 0 rings (SSSR count). The summed E-state index contributed by atoms with van der Waals surface area (Å²) in [6.07, 6.45) is 5.45. The maximum Gasteiger partial charge on any atom is 1.00 e. The molecule has 4 nitrogen and oxygen atoms in total. The van der Waals surface area contributed by atoms with Gasteiger partial charge >= 0.3 is 51.4 Å². The molecule has 2 atom stereocenters. The topological polar surface area (TPSA) is 77.4 Å². The Morgan fingerprint density at radius 1 is 1.00 bits per heavy atom. The smallest absolute Gasteiger partial charge is 0.748 e. The van der Waals surface area contributed by atoms with Crippen LogP contribution < -0.4 is 51.4 Å². The van der Waals surface area contributed by atoms with Gasteiger partial charge in [0.15, 0.2) is 0 Å². The van der Waals surface area contributed by atoms with E-state index in [1.165, 1.54) is 0 Å². The molecule has 0 spiro atoms. The SMILES string of the molecule is CCCCCCCC(O)C(CCC)S(=O)(=O)[O-].[K+]. The second kappa shape index (κ2) is 12.3. The maximum atomic E-state index is 11.0. The quantitative estimate of drug-likeness (QED) is 0.333. The molecule has 0 aliphatic rings. The predicted molar refractivity (Wildman–Crippen MR) is 67.8 cm³/mol. The second-order valence-electron chi connectivity index (χ2n) is 4.59. The van der Waals surface area contributed by atoms with Crippen molar-refractivity contribution in [1.82, 2.24) is 0 Å². The Morgan fingerprint density at radius 3 is 2.00 bits per heavy atom. The molecule has 0 aromatic carbocycles. The van der Waals surface area contributed by atoms with Gasteiger partial charge in [-0.2, -0.15) is 0 Å². The number of aliphatic hydroxyl groups is 1. The van der Waals surface area contributed by atoms with Crippen LogP contribution in [-0.4, -0.2) is 29.4 Å². The largest absolute Gasteiger partial charge is 1.00 e. The van der Waals surface area contributed by atoms with Gasteiger partial charge in [-0.05, 0) is 12.8 Å². The van der Waals surface area contributed by atoms with Crippen LogP contribution in [0.5, 0.6) is 0 Å². The fourth-order valence-corrected chi connectivity index (χ4v) is 3.00. The van der Waals surface area contributed by atoms with Crippen LogP contribution in [0.3, 0.4) is 0 Å². The van der Waals surface area contributed by atoms with Gasteiger partial charge in [-0.3, -0.25) is 0 Å². The zero-order chi connectivity index (χ0) is 13.3.